The van der Waals surface area contributed by atoms with E-state index in [9.17, 15) is 8.42 Å². The summed E-state index contributed by atoms with van der Waals surface area (Å²) in [4.78, 5) is 3.81. The van der Waals surface area contributed by atoms with Gasteiger partial charge in [0, 0.05) is 19.3 Å². The number of aromatic nitrogens is 2. The third kappa shape index (κ3) is 3.58. The molecule has 1 aromatic heterocycles. The molecule has 1 rings (SSSR count). The number of nitrogens with zero attached hydrogens (tertiary/aromatic N) is 2. The molecule has 1 atom stereocenters. The molecule has 7 heteroatoms. The van der Waals surface area contributed by atoms with Crippen molar-refractivity contribution in [1.29, 1.82) is 0 Å². The summed E-state index contributed by atoms with van der Waals surface area (Å²) in [7, 11) is -1.77. The van der Waals surface area contributed by atoms with Crippen LogP contribution < -0.4 is 10.5 Å². The molecule has 0 aliphatic carbocycles. The standard InChI is InChI=1S/C9H18N4O2S/c1-8(4-3-5-10)12-16(14,15)9-6-13(2)7-11-9/h6-8,12H,3-5,10H2,1-2H3. The van der Waals surface area contributed by atoms with Gasteiger partial charge in [-0.25, -0.2) is 18.1 Å². The number of hydrogen-bond donors (Lipinski definition) is 2. The maximum absolute atomic E-state index is 11.8. The predicted octanol–water partition coefficient (Wildman–Crippen LogP) is -0.174. The highest BCUT2D eigenvalue weighted by Crippen LogP contribution is 2.06. The van der Waals surface area contributed by atoms with Crippen molar-refractivity contribution in [2.24, 2.45) is 12.8 Å². The number of imidazole rings is 1. The molecular formula is C9H18N4O2S. The van der Waals surface area contributed by atoms with Gasteiger partial charge in [-0.3, -0.25) is 0 Å². The molecule has 1 heterocycles. The molecule has 1 unspecified atom stereocenters. The smallest absolute Gasteiger partial charge is 0.259 e. The highest BCUT2D eigenvalue weighted by Gasteiger charge is 2.19. The highest BCUT2D eigenvalue weighted by atomic mass is 32.2. The highest BCUT2D eigenvalue weighted by molar-refractivity contribution is 7.89. The Morgan fingerprint density at radius 1 is 1.62 bits per heavy atom. The van der Waals surface area contributed by atoms with Crippen LogP contribution in [0.4, 0.5) is 0 Å². The Labute approximate surface area is 95.9 Å². The molecule has 0 bridgehead atoms. The molecule has 0 spiro atoms. The third-order valence-electron chi connectivity index (χ3n) is 2.15. The average Bonchev–Trinajstić information content (AvgIpc) is 2.62. The molecule has 0 radical (unpaired) electrons. The van der Waals surface area contributed by atoms with E-state index in [2.05, 4.69) is 9.71 Å². The Hall–Kier alpha value is -0.920. The zero-order valence-electron chi connectivity index (χ0n) is 9.55. The van der Waals surface area contributed by atoms with Gasteiger partial charge in [0.2, 0.25) is 0 Å². The van der Waals surface area contributed by atoms with Crippen LogP contribution in [0.25, 0.3) is 0 Å². The molecular weight excluding hydrogens is 228 g/mol. The fourth-order valence-corrected chi connectivity index (χ4v) is 2.60. The van der Waals surface area contributed by atoms with Gasteiger partial charge in [0.1, 0.15) is 0 Å². The van der Waals surface area contributed by atoms with Crippen molar-refractivity contribution in [3.8, 4) is 0 Å². The normalized spacial score (nSPS) is 13.9. The summed E-state index contributed by atoms with van der Waals surface area (Å²) < 4.78 is 27.8. The van der Waals surface area contributed by atoms with Crippen molar-refractivity contribution < 1.29 is 8.42 Å². The fourth-order valence-electron chi connectivity index (χ4n) is 1.34. The maximum atomic E-state index is 11.8. The van der Waals surface area contributed by atoms with E-state index < -0.39 is 10.0 Å². The molecule has 16 heavy (non-hydrogen) atoms. The molecule has 0 saturated carbocycles. The first kappa shape index (κ1) is 13.1. The molecule has 0 amide bonds. The molecule has 0 aliphatic heterocycles. The Kier molecular flexibility index (Phi) is 4.45. The van der Waals surface area contributed by atoms with Crippen LogP contribution >= 0.6 is 0 Å². The first-order valence-electron chi connectivity index (χ1n) is 5.16. The number of nitrogens with two attached hydrogens (primary N) is 1. The molecule has 0 fully saturated rings. The van der Waals surface area contributed by atoms with Crippen molar-refractivity contribution in [1.82, 2.24) is 14.3 Å². The van der Waals surface area contributed by atoms with Crippen molar-refractivity contribution in [3.63, 3.8) is 0 Å². The Balaban J connectivity index is 2.65. The van der Waals surface area contributed by atoms with Crippen LogP contribution in [0.5, 0.6) is 0 Å². The van der Waals surface area contributed by atoms with Crippen molar-refractivity contribution >= 4 is 10.0 Å². The van der Waals surface area contributed by atoms with E-state index in [1.54, 1.807) is 11.6 Å². The van der Waals surface area contributed by atoms with E-state index >= 15 is 0 Å². The van der Waals surface area contributed by atoms with E-state index in [1.807, 2.05) is 6.92 Å². The molecule has 6 nitrogen and oxygen atoms in total. The third-order valence-corrected chi connectivity index (χ3v) is 3.63. The van der Waals surface area contributed by atoms with Gasteiger partial charge in [-0.1, -0.05) is 0 Å². The van der Waals surface area contributed by atoms with Crippen LogP contribution in [0, 0.1) is 0 Å². The van der Waals surface area contributed by atoms with Crippen molar-refractivity contribution in [3.05, 3.63) is 12.5 Å². The summed E-state index contributed by atoms with van der Waals surface area (Å²) in [6.45, 7) is 2.38. The monoisotopic (exact) mass is 246 g/mol. The summed E-state index contributed by atoms with van der Waals surface area (Å²) in [6, 6.07) is -0.129. The second kappa shape index (κ2) is 5.42. The van der Waals surface area contributed by atoms with Crippen LogP contribution in [0.3, 0.4) is 0 Å². The van der Waals surface area contributed by atoms with Gasteiger partial charge >= 0.3 is 0 Å². The molecule has 0 aliphatic rings. The zero-order chi connectivity index (χ0) is 12.2. The van der Waals surface area contributed by atoms with Gasteiger partial charge in [-0.15, -0.1) is 0 Å². The quantitative estimate of drug-likeness (QED) is 0.729. The van der Waals surface area contributed by atoms with Crippen LogP contribution in [-0.2, 0) is 17.1 Å². The first-order chi connectivity index (χ1) is 7.45. The van der Waals surface area contributed by atoms with E-state index in [-0.39, 0.29) is 11.1 Å². The van der Waals surface area contributed by atoms with Gasteiger partial charge in [0.25, 0.3) is 10.0 Å². The van der Waals surface area contributed by atoms with Crippen LogP contribution in [0.1, 0.15) is 19.8 Å². The Morgan fingerprint density at radius 3 is 2.81 bits per heavy atom. The lowest BCUT2D eigenvalue weighted by molar-refractivity contribution is 0.536. The maximum Gasteiger partial charge on any atom is 0.259 e. The topological polar surface area (TPSA) is 90.0 Å². The lowest BCUT2D eigenvalue weighted by atomic mass is 10.2. The summed E-state index contributed by atoms with van der Waals surface area (Å²) in [5.41, 5.74) is 5.36. The molecule has 1 aromatic rings. The zero-order valence-corrected chi connectivity index (χ0v) is 10.4. The molecule has 92 valence electrons. The second-order valence-corrected chi connectivity index (χ2v) is 5.49. The second-order valence-electron chi connectivity index (χ2n) is 3.83. The van der Waals surface area contributed by atoms with Gasteiger partial charge in [0.15, 0.2) is 5.03 Å². The number of sulfonamides is 1. The largest absolute Gasteiger partial charge is 0.339 e. The lowest BCUT2D eigenvalue weighted by Gasteiger charge is -2.11. The van der Waals surface area contributed by atoms with Gasteiger partial charge < -0.3 is 10.3 Å². The van der Waals surface area contributed by atoms with Crippen LogP contribution in [0.2, 0.25) is 0 Å². The Bertz CT molecular complexity index is 426. The van der Waals surface area contributed by atoms with Crippen molar-refractivity contribution in [2.75, 3.05) is 6.54 Å². The number of hydrogen-bond acceptors (Lipinski definition) is 4. The Morgan fingerprint density at radius 2 is 2.31 bits per heavy atom. The summed E-state index contributed by atoms with van der Waals surface area (Å²) in [5.74, 6) is 0. The number of rotatable bonds is 6. The van der Waals surface area contributed by atoms with E-state index in [0.29, 0.717) is 6.54 Å². The molecule has 3 N–H and O–H groups in total. The van der Waals surface area contributed by atoms with Crippen molar-refractivity contribution in [2.45, 2.75) is 30.8 Å². The molecule has 0 saturated heterocycles. The van der Waals surface area contributed by atoms with E-state index in [1.165, 1.54) is 12.5 Å². The molecule has 0 aromatic carbocycles. The minimum atomic E-state index is -3.49. The summed E-state index contributed by atoms with van der Waals surface area (Å²) in [6.07, 6.45) is 4.45. The van der Waals surface area contributed by atoms with Crippen LogP contribution in [-0.4, -0.2) is 30.6 Å². The lowest BCUT2D eigenvalue weighted by Crippen LogP contribution is -2.33. The van der Waals surface area contributed by atoms with Gasteiger partial charge in [-0.2, -0.15) is 0 Å². The summed E-state index contributed by atoms with van der Waals surface area (Å²) in [5, 5.41) is 0.0506. The minimum Gasteiger partial charge on any atom is -0.339 e. The van der Waals surface area contributed by atoms with Gasteiger partial charge in [0.05, 0.1) is 6.33 Å². The summed E-state index contributed by atoms with van der Waals surface area (Å²) >= 11 is 0. The van der Waals surface area contributed by atoms with Crippen LogP contribution in [0.15, 0.2) is 17.6 Å². The minimum absolute atomic E-state index is 0.0506. The predicted molar refractivity (Wildman–Crippen MR) is 61.3 cm³/mol. The average molecular weight is 246 g/mol. The van der Waals surface area contributed by atoms with E-state index in [4.69, 9.17) is 5.73 Å². The fraction of sp³-hybridized carbons (Fsp3) is 0.667. The number of nitrogens with one attached hydrogen (secondary N) is 1. The SMILES string of the molecule is CC(CCCN)NS(=O)(=O)c1cn(C)cn1. The first-order valence-corrected chi connectivity index (χ1v) is 6.64. The number of aryl methyl sites for hydroxylation is 1. The van der Waals surface area contributed by atoms with E-state index in [0.717, 1.165) is 12.8 Å². The van der Waals surface area contributed by atoms with Gasteiger partial charge in [-0.05, 0) is 26.3 Å².